The van der Waals surface area contributed by atoms with E-state index in [2.05, 4.69) is 66.4 Å². The molecule has 2 N–H and O–H groups in total. The molecule has 0 saturated carbocycles. The van der Waals surface area contributed by atoms with Gasteiger partial charge in [0.1, 0.15) is 5.82 Å². The first-order valence-corrected chi connectivity index (χ1v) is 10.3. The van der Waals surface area contributed by atoms with Crippen LogP contribution in [-0.4, -0.2) is 5.78 Å². The van der Waals surface area contributed by atoms with Gasteiger partial charge in [-0.25, -0.2) is 4.39 Å². The lowest BCUT2D eigenvalue weighted by molar-refractivity contribution is -0.118. The van der Waals surface area contributed by atoms with Gasteiger partial charge in [-0.15, -0.1) is 0 Å². The summed E-state index contributed by atoms with van der Waals surface area (Å²) >= 11 is 3.45. The Labute approximate surface area is 173 Å². The van der Waals surface area contributed by atoms with Crippen LogP contribution in [0.2, 0.25) is 0 Å². The van der Waals surface area contributed by atoms with Crippen LogP contribution in [0.3, 0.4) is 0 Å². The second-order valence-electron chi connectivity index (χ2n) is 8.68. The first kappa shape index (κ1) is 19.2. The van der Waals surface area contributed by atoms with E-state index in [9.17, 15) is 9.18 Å². The number of anilines is 2. The molecule has 5 heteroatoms. The van der Waals surface area contributed by atoms with Crippen LogP contribution in [0, 0.1) is 25.1 Å². The highest BCUT2D eigenvalue weighted by Gasteiger charge is 2.39. The van der Waals surface area contributed by atoms with E-state index in [1.165, 1.54) is 11.6 Å². The topological polar surface area (TPSA) is 41.1 Å². The van der Waals surface area contributed by atoms with Crippen LogP contribution in [-0.2, 0) is 4.79 Å². The quantitative estimate of drug-likeness (QED) is 0.534. The molecule has 2 aromatic rings. The Bertz CT molecular complexity index is 1030. The summed E-state index contributed by atoms with van der Waals surface area (Å²) in [7, 11) is 0. The first-order valence-electron chi connectivity index (χ1n) is 9.51. The molecule has 4 rings (SSSR count). The molecular weight excluding hydrogens is 419 g/mol. The van der Waals surface area contributed by atoms with Crippen LogP contribution in [0.4, 0.5) is 15.8 Å². The number of rotatable bonds is 1. The Hall–Kier alpha value is -2.14. The second-order valence-corrected chi connectivity index (χ2v) is 9.60. The minimum atomic E-state index is -0.535. The van der Waals surface area contributed by atoms with Crippen LogP contribution in [0.1, 0.15) is 49.4 Å². The van der Waals surface area contributed by atoms with Gasteiger partial charge in [0.2, 0.25) is 0 Å². The highest BCUT2D eigenvalue weighted by atomic mass is 79.9. The molecule has 0 saturated heterocycles. The van der Waals surface area contributed by atoms with Crippen LogP contribution in [0.25, 0.3) is 0 Å². The lowest BCUT2D eigenvalue weighted by atomic mass is 9.73. The Balaban J connectivity index is 1.95. The normalized spacial score (nSPS) is 20.6. The van der Waals surface area contributed by atoms with E-state index >= 15 is 0 Å². The van der Waals surface area contributed by atoms with Gasteiger partial charge in [-0.05, 0) is 67.1 Å². The number of halogens is 2. The summed E-state index contributed by atoms with van der Waals surface area (Å²) in [5.74, 6) is -0.255. The Kier molecular flexibility index (Phi) is 4.61. The van der Waals surface area contributed by atoms with Crippen molar-refractivity contribution in [3.8, 4) is 0 Å². The Morgan fingerprint density at radius 2 is 1.75 bits per heavy atom. The molecule has 0 amide bonds. The largest absolute Gasteiger partial charge is 0.372 e. The number of nitrogens with one attached hydrogen (secondary N) is 2. The van der Waals surface area contributed by atoms with Gasteiger partial charge in [-0.2, -0.15) is 0 Å². The molecule has 0 fully saturated rings. The van der Waals surface area contributed by atoms with E-state index in [0.29, 0.717) is 17.6 Å². The maximum absolute atomic E-state index is 14.8. The molecule has 146 valence electrons. The molecule has 2 aliphatic rings. The number of allylic oxidation sites excluding steroid dienone is 1. The van der Waals surface area contributed by atoms with Gasteiger partial charge >= 0.3 is 0 Å². The summed E-state index contributed by atoms with van der Waals surface area (Å²) < 4.78 is 15.6. The third kappa shape index (κ3) is 3.37. The summed E-state index contributed by atoms with van der Waals surface area (Å²) in [6, 6.07) is 8.50. The van der Waals surface area contributed by atoms with Gasteiger partial charge in [0.05, 0.1) is 17.4 Å². The zero-order valence-electron chi connectivity index (χ0n) is 16.5. The molecule has 0 spiro atoms. The maximum atomic E-state index is 14.8. The lowest BCUT2D eigenvalue weighted by Gasteiger charge is -2.34. The molecule has 0 bridgehead atoms. The number of carbonyl (C=O) groups excluding carboxylic acids is 1. The molecule has 28 heavy (non-hydrogen) atoms. The summed E-state index contributed by atoms with van der Waals surface area (Å²) in [5, 5.41) is 6.98. The fourth-order valence-electron chi connectivity index (χ4n) is 4.18. The van der Waals surface area contributed by atoms with Gasteiger partial charge in [-0.1, -0.05) is 29.8 Å². The van der Waals surface area contributed by atoms with E-state index < -0.39 is 6.04 Å². The van der Waals surface area contributed by atoms with Gasteiger partial charge in [-0.3, -0.25) is 4.79 Å². The average Bonchev–Trinajstić information content (AvgIpc) is 2.73. The van der Waals surface area contributed by atoms with E-state index in [1.54, 1.807) is 12.1 Å². The predicted molar refractivity (Wildman–Crippen MR) is 115 cm³/mol. The van der Waals surface area contributed by atoms with E-state index in [4.69, 9.17) is 0 Å². The van der Waals surface area contributed by atoms with Crippen molar-refractivity contribution in [2.75, 3.05) is 10.6 Å². The molecule has 0 aromatic heterocycles. The molecule has 1 aliphatic heterocycles. The third-order valence-electron chi connectivity index (χ3n) is 5.70. The second kappa shape index (κ2) is 6.73. The number of carbonyl (C=O) groups is 1. The number of ketones is 1. The van der Waals surface area contributed by atoms with Crippen LogP contribution >= 0.6 is 15.9 Å². The molecule has 1 heterocycles. The van der Waals surface area contributed by atoms with Crippen LogP contribution < -0.4 is 10.6 Å². The smallest absolute Gasteiger partial charge is 0.163 e. The van der Waals surface area contributed by atoms with Crippen molar-refractivity contribution in [3.63, 3.8) is 0 Å². The zero-order chi connectivity index (χ0) is 20.2. The van der Waals surface area contributed by atoms with E-state index in [1.807, 2.05) is 0 Å². The fourth-order valence-corrected chi connectivity index (χ4v) is 4.56. The molecule has 1 aliphatic carbocycles. The number of Topliss-reactive ketones (excluding diaryl/α,β-unsaturated/α-hetero) is 1. The third-order valence-corrected chi connectivity index (χ3v) is 6.19. The van der Waals surface area contributed by atoms with Crippen molar-refractivity contribution in [2.24, 2.45) is 5.41 Å². The number of fused-ring (bicyclic) bond motifs is 1. The van der Waals surface area contributed by atoms with Crippen molar-refractivity contribution >= 4 is 33.1 Å². The van der Waals surface area contributed by atoms with Crippen LogP contribution in [0.15, 0.2) is 46.1 Å². The highest BCUT2D eigenvalue weighted by molar-refractivity contribution is 9.10. The molecule has 3 nitrogen and oxygen atoms in total. The minimum absolute atomic E-state index is 0.0666. The summed E-state index contributed by atoms with van der Waals surface area (Å²) in [6.07, 6.45) is 1.20. The van der Waals surface area contributed by atoms with Crippen molar-refractivity contribution in [2.45, 2.75) is 46.6 Å². The van der Waals surface area contributed by atoms with E-state index in [0.717, 1.165) is 33.5 Å². The number of hydrogen-bond acceptors (Lipinski definition) is 3. The molecule has 0 radical (unpaired) electrons. The molecular formula is C23H24BrFN2O. The van der Waals surface area contributed by atoms with Crippen molar-refractivity contribution in [1.29, 1.82) is 0 Å². The van der Waals surface area contributed by atoms with Gasteiger partial charge in [0, 0.05) is 27.7 Å². The Morgan fingerprint density at radius 1 is 1.07 bits per heavy atom. The Morgan fingerprint density at radius 3 is 2.46 bits per heavy atom. The average molecular weight is 443 g/mol. The van der Waals surface area contributed by atoms with Gasteiger partial charge in [0.15, 0.2) is 5.78 Å². The molecule has 2 aromatic carbocycles. The standard InChI is InChI=1S/C23H24BrFN2O/c1-12-7-17-18(8-13(12)2)27-22(15-9-14(24)5-6-16(15)25)21-19(26-17)10-23(3,4)11-20(21)28/h5-9,22,26-27H,10-11H2,1-4H3. The van der Waals surface area contributed by atoms with Crippen LogP contribution in [0.5, 0.6) is 0 Å². The van der Waals surface area contributed by atoms with Crippen molar-refractivity contribution < 1.29 is 9.18 Å². The summed E-state index contributed by atoms with van der Waals surface area (Å²) in [6.45, 7) is 8.33. The van der Waals surface area contributed by atoms with Crippen molar-refractivity contribution in [1.82, 2.24) is 0 Å². The van der Waals surface area contributed by atoms with Gasteiger partial charge in [0.25, 0.3) is 0 Å². The minimum Gasteiger partial charge on any atom is -0.372 e. The SMILES string of the molecule is Cc1cc2c(cc1C)NC(c1cc(Br)ccc1F)C1=C(CC(C)(C)CC1=O)N2. The number of aryl methyl sites for hydroxylation is 2. The fraction of sp³-hybridized carbons (Fsp3) is 0.348. The monoisotopic (exact) mass is 442 g/mol. The number of benzene rings is 2. The maximum Gasteiger partial charge on any atom is 0.163 e. The number of hydrogen-bond donors (Lipinski definition) is 2. The lowest BCUT2D eigenvalue weighted by Crippen LogP contribution is -2.31. The van der Waals surface area contributed by atoms with Crippen molar-refractivity contribution in [3.05, 3.63) is 68.6 Å². The molecule has 1 unspecified atom stereocenters. The van der Waals surface area contributed by atoms with Gasteiger partial charge < -0.3 is 10.6 Å². The van der Waals surface area contributed by atoms with E-state index in [-0.39, 0.29) is 17.0 Å². The zero-order valence-corrected chi connectivity index (χ0v) is 18.1. The predicted octanol–water partition coefficient (Wildman–Crippen LogP) is 6.43. The summed E-state index contributed by atoms with van der Waals surface area (Å²) in [5.41, 5.74) is 6.00. The summed E-state index contributed by atoms with van der Waals surface area (Å²) in [4.78, 5) is 13.2. The first-order chi connectivity index (χ1) is 13.1. The highest BCUT2D eigenvalue weighted by Crippen LogP contribution is 2.46. The molecule has 1 atom stereocenters.